The lowest BCUT2D eigenvalue weighted by atomic mass is 9.97. The Morgan fingerprint density at radius 3 is 3.00 bits per heavy atom. The molecule has 120 valence electrons. The molecule has 3 aromatic heterocycles. The van der Waals surface area contributed by atoms with Crippen molar-refractivity contribution in [3.63, 3.8) is 0 Å². The number of hydrogen-bond acceptors (Lipinski definition) is 7. The van der Waals surface area contributed by atoms with Crippen LogP contribution in [-0.4, -0.2) is 36.4 Å². The molecule has 0 bridgehead atoms. The fraction of sp³-hybridized carbons (Fsp3) is 0.467. The van der Waals surface area contributed by atoms with Gasteiger partial charge in [-0.25, -0.2) is 9.97 Å². The summed E-state index contributed by atoms with van der Waals surface area (Å²) in [6.07, 6.45) is 7.86. The smallest absolute Gasteiger partial charge is 0.157 e. The van der Waals surface area contributed by atoms with Gasteiger partial charge in [-0.15, -0.1) is 21.5 Å². The maximum absolute atomic E-state index is 9.76. The van der Waals surface area contributed by atoms with Crippen LogP contribution in [0.1, 0.15) is 35.1 Å². The number of aliphatic hydroxyl groups is 1. The highest BCUT2D eigenvalue weighted by Crippen LogP contribution is 2.38. The third kappa shape index (κ3) is 2.47. The van der Waals surface area contributed by atoms with Gasteiger partial charge >= 0.3 is 0 Å². The summed E-state index contributed by atoms with van der Waals surface area (Å²) in [6.45, 7) is -0.0790. The van der Waals surface area contributed by atoms with Gasteiger partial charge in [-0.2, -0.15) is 0 Å². The van der Waals surface area contributed by atoms with E-state index in [9.17, 15) is 5.11 Å². The Hall–Kier alpha value is -2.06. The Bertz CT molecular complexity index is 842. The van der Waals surface area contributed by atoms with Crippen molar-refractivity contribution in [2.75, 3.05) is 11.9 Å². The number of nitrogens with one attached hydrogen (secondary N) is 1. The van der Waals surface area contributed by atoms with Crippen molar-refractivity contribution < 1.29 is 5.11 Å². The molecular formula is C15H18N6OS. The van der Waals surface area contributed by atoms with Crippen LogP contribution in [0.15, 0.2) is 12.7 Å². The molecule has 0 saturated carbocycles. The van der Waals surface area contributed by atoms with Gasteiger partial charge in [-0.3, -0.25) is 0 Å². The second kappa shape index (κ2) is 5.86. The third-order valence-corrected chi connectivity index (χ3v) is 5.50. The van der Waals surface area contributed by atoms with E-state index in [0.29, 0.717) is 5.82 Å². The van der Waals surface area contributed by atoms with E-state index < -0.39 is 0 Å². The molecule has 0 spiro atoms. The first kappa shape index (κ1) is 14.5. The lowest BCUT2D eigenvalue weighted by molar-refractivity contribution is 0.270. The van der Waals surface area contributed by atoms with E-state index in [1.165, 1.54) is 23.3 Å². The quantitative estimate of drug-likeness (QED) is 0.759. The van der Waals surface area contributed by atoms with Crippen molar-refractivity contribution in [1.82, 2.24) is 24.7 Å². The third-order valence-electron chi connectivity index (χ3n) is 4.30. The summed E-state index contributed by atoms with van der Waals surface area (Å²) in [4.78, 5) is 11.3. The van der Waals surface area contributed by atoms with Crippen LogP contribution in [0.2, 0.25) is 0 Å². The summed E-state index contributed by atoms with van der Waals surface area (Å²) in [7, 11) is 1.86. The maximum atomic E-state index is 9.76. The normalized spacial score (nSPS) is 15.6. The minimum atomic E-state index is -0.347. The molecule has 1 aliphatic rings. The number of aryl methyl sites for hydroxylation is 3. The van der Waals surface area contributed by atoms with E-state index in [-0.39, 0.29) is 12.6 Å². The van der Waals surface area contributed by atoms with Crippen molar-refractivity contribution in [2.24, 2.45) is 7.05 Å². The zero-order chi connectivity index (χ0) is 15.8. The second-order valence-corrected chi connectivity index (χ2v) is 6.88. The van der Waals surface area contributed by atoms with Crippen LogP contribution in [0.5, 0.6) is 0 Å². The first-order valence-corrected chi connectivity index (χ1v) is 8.56. The summed E-state index contributed by atoms with van der Waals surface area (Å²) in [5, 5.41) is 22.2. The Kier molecular flexibility index (Phi) is 3.70. The number of aliphatic hydroxyl groups excluding tert-OH is 1. The van der Waals surface area contributed by atoms with Crippen molar-refractivity contribution in [3.05, 3.63) is 28.9 Å². The van der Waals surface area contributed by atoms with Crippen molar-refractivity contribution >= 4 is 27.4 Å². The highest BCUT2D eigenvalue weighted by atomic mass is 32.1. The first-order valence-electron chi connectivity index (χ1n) is 7.74. The molecule has 3 heterocycles. The van der Waals surface area contributed by atoms with Gasteiger partial charge in [0, 0.05) is 11.9 Å². The van der Waals surface area contributed by atoms with Gasteiger partial charge in [0.25, 0.3) is 0 Å². The fourth-order valence-electron chi connectivity index (χ4n) is 3.16. The second-order valence-electron chi connectivity index (χ2n) is 5.79. The van der Waals surface area contributed by atoms with E-state index >= 15 is 0 Å². The number of aromatic nitrogens is 5. The van der Waals surface area contributed by atoms with Crippen molar-refractivity contribution in [3.8, 4) is 0 Å². The summed E-state index contributed by atoms with van der Waals surface area (Å²) in [5.74, 6) is 1.46. The molecule has 8 heteroatoms. The average molecular weight is 330 g/mol. The van der Waals surface area contributed by atoms with Crippen molar-refractivity contribution in [2.45, 2.75) is 31.7 Å². The van der Waals surface area contributed by atoms with E-state index in [4.69, 9.17) is 0 Å². The number of nitrogens with zero attached hydrogens (tertiary/aromatic N) is 5. The lowest BCUT2D eigenvalue weighted by Gasteiger charge is -2.17. The molecule has 23 heavy (non-hydrogen) atoms. The van der Waals surface area contributed by atoms with Crippen LogP contribution in [0.25, 0.3) is 10.2 Å². The van der Waals surface area contributed by atoms with Gasteiger partial charge in [0.1, 0.15) is 29.3 Å². The largest absolute Gasteiger partial charge is 0.394 e. The lowest BCUT2D eigenvalue weighted by Crippen LogP contribution is -2.20. The number of thiophene rings is 1. The van der Waals surface area contributed by atoms with Gasteiger partial charge in [0.2, 0.25) is 0 Å². The molecule has 0 fully saturated rings. The van der Waals surface area contributed by atoms with Gasteiger partial charge < -0.3 is 15.0 Å². The molecule has 0 aromatic carbocycles. The molecule has 1 aliphatic carbocycles. The van der Waals surface area contributed by atoms with Crippen LogP contribution in [0, 0.1) is 0 Å². The molecular weight excluding hydrogens is 312 g/mol. The van der Waals surface area contributed by atoms with E-state index in [2.05, 4.69) is 25.5 Å². The molecule has 0 saturated heterocycles. The molecule has 3 aromatic rings. The van der Waals surface area contributed by atoms with Crippen LogP contribution in [0.3, 0.4) is 0 Å². The van der Waals surface area contributed by atoms with Crippen LogP contribution >= 0.6 is 11.3 Å². The number of anilines is 1. The maximum Gasteiger partial charge on any atom is 0.157 e. The Morgan fingerprint density at radius 2 is 2.22 bits per heavy atom. The highest BCUT2D eigenvalue weighted by molar-refractivity contribution is 7.19. The molecule has 0 unspecified atom stereocenters. The summed E-state index contributed by atoms with van der Waals surface area (Å²) < 4.78 is 1.80. The first-order chi connectivity index (χ1) is 11.3. The van der Waals surface area contributed by atoms with E-state index in [1.54, 1.807) is 28.6 Å². The number of fused-ring (bicyclic) bond motifs is 3. The molecule has 2 N–H and O–H groups in total. The van der Waals surface area contributed by atoms with Crippen molar-refractivity contribution in [1.29, 1.82) is 0 Å². The summed E-state index contributed by atoms with van der Waals surface area (Å²) >= 11 is 1.76. The number of rotatable bonds is 4. The molecule has 0 radical (unpaired) electrons. The zero-order valence-electron chi connectivity index (χ0n) is 12.9. The Morgan fingerprint density at radius 1 is 1.35 bits per heavy atom. The van der Waals surface area contributed by atoms with Gasteiger partial charge in [0.05, 0.1) is 12.0 Å². The SMILES string of the molecule is Cn1cnnc1[C@@H](CO)Nc1ncnc2sc3c(c12)CCCC3. The predicted molar refractivity (Wildman–Crippen MR) is 88.5 cm³/mol. The zero-order valence-corrected chi connectivity index (χ0v) is 13.7. The Labute approximate surface area is 137 Å². The summed E-state index contributed by atoms with van der Waals surface area (Å²) in [5.41, 5.74) is 1.37. The molecule has 7 nitrogen and oxygen atoms in total. The topological polar surface area (TPSA) is 88.8 Å². The average Bonchev–Trinajstić information content (AvgIpc) is 3.16. The molecule has 4 rings (SSSR count). The van der Waals surface area contributed by atoms with Gasteiger partial charge in [0.15, 0.2) is 5.82 Å². The molecule has 0 amide bonds. The van der Waals surface area contributed by atoms with Crippen LogP contribution in [0.4, 0.5) is 5.82 Å². The van der Waals surface area contributed by atoms with Gasteiger partial charge in [-0.1, -0.05) is 0 Å². The minimum Gasteiger partial charge on any atom is -0.394 e. The van der Waals surface area contributed by atoms with E-state index in [1.807, 2.05) is 7.05 Å². The Balaban J connectivity index is 1.76. The predicted octanol–water partition coefficient (Wildman–Crippen LogP) is 1.84. The standard InChI is InChI=1S/C15H18N6OS/c1-21-8-18-20-14(21)10(6-22)19-13-12-9-4-2-3-5-11(9)23-15(12)17-7-16-13/h7-8,10,22H,2-6H2,1H3,(H,16,17,19)/t10-/m1/s1. The minimum absolute atomic E-state index is 0.0790. The van der Waals surface area contributed by atoms with Crippen LogP contribution < -0.4 is 5.32 Å². The van der Waals surface area contributed by atoms with Crippen LogP contribution in [-0.2, 0) is 19.9 Å². The van der Waals surface area contributed by atoms with E-state index in [0.717, 1.165) is 28.9 Å². The number of hydrogen-bond donors (Lipinski definition) is 2. The molecule has 0 aliphatic heterocycles. The van der Waals surface area contributed by atoms with Gasteiger partial charge in [-0.05, 0) is 31.2 Å². The fourth-order valence-corrected chi connectivity index (χ4v) is 4.39. The summed E-state index contributed by atoms with van der Waals surface area (Å²) in [6, 6.07) is -0.347. The monoisotopic (exact) mass is 330 g/mol. The molecule has 1 atom stereocenters. The highest BCUT2D eigenvalue weighted by Gasteiger charge is 2.22.